The Hall–Kier alpha value is -3.97. The average Bonchev–Trinajstić information content (AvgIpc) is 2.84. The molecule has 3 aromatic carbocycles. The molecule has 4 aromatic rings. The minimum atomic E-state index is -3.46. The molecule has 0 radical (unpaired) electrons. The second-order valence-corrected chi connectivity index (χ2v) is 9.48. The Morgan fingerprint density at radius 2 is 1.67 bits per heavy atom. The fraction of sp³-hybridized carbons (Fsp3) is 0.0769. The largest absolute Gasteiger partial charge is 0.497 e. The molecular weight excluding hydrogens is 436 g/mol. The summed E-state index contributed by atoms with van der Waals surface area (Å²) in [4.78, 5) is 17.7. The number of aromatic nitrogens is 1. The minimum Gasteiger partial charge on any atom is -0.497 e. The van der Waals surface area contributed by atoms with Crippen LogP contribution in [0.25, 0.3) is 22.4 Å². The Kier molecular flexibility index (Phi) is 6.24. The van der Waals surface area contributed by atoms with Gasteiger partial charge in [-0.3, -0.25) is 9.78 Å². The minimum absolute atomic E-state index is 0.133. The summed E-state index contributed by atoms with van der Waals surface area (Å²) in [6, 6.07) is 24.7. The highest BCUT2D eigenvalue weighted by atomic mass is 32.2. The lowest BCUT2D eigenvalue weighted by Gasteiger charge is -2.13. The number of nitrogens with one attached hydrogen (secondary N) is 1. The smallest absolute Gasteiger partial charge is 0.256 e. The van der Waals surface area contributed by atoms with Crippen LogP contribution in [-0.4, -0.2) is 32.7 Å². The normalized spacial score (nSPS) is 11.1. The van der Waals surface area contributed by atoms with E-state index in [2.05, 4.69) is 10.3 Å². The van der Waals surface area contributed by atoms with Gasteiger partial charge in [0.25, 0.3) is 5.91 Å². The van der Waals surface area contributed by atoms with Crippen LogP contribution in [0.5, 0.6) is 5.75 Å². The molecule has 1 N–H and O–H groups in total. The standard InChI is InChI=1S/C26H22N2O4S/c1-32-21-10-6-7-18(16-21)24-17-22(33(2,30)31)12-13-23(24)26(29)28-20-9-5-8-19(15-20)25-11-3-4-14-27-25/h3-17H,1-2H3,(H,28,29). The molecule has 0 bridgehead atoms. The molecule has 1 amide bonds. The van der Waals surface area contributed by atoms with Crippen LogP contribution >= 0.6 is 0 Å². The van der Waals surface area contributed by atoms with Crippen molar-refractivity contribution in [1.82, 2.24) is 4.98 Å². The molecule has 0 spiro atoms. The first kappa shape index (κ1) is 22.2. The van der Waals surface area contributed by atoms with E-state index < -0.39 is 9.84 Å². The molecule has 0 unspecified atom stereocenters. The third-order valence-electron chi connectivity index (χ3n) is 5.13. The zero-order valence-corrected chi connectivity index (χ0v) is 19.0. The number of nitrogens with zero attached hydrogens (tertiary/aromatic N) is 1. The zero-order chi connectivity index (χ0) is 23.4. The summed E-state index contributed by atoms with van der Waals surface area (Å²) in [5.41, 5.74) is 3.78. The third-order valence-corrected chi connectivity index (χ3v) is 6.24. The number of pyridine rings is 1. The van der Waals surface area contributed by atoms with Gasteiger partial charge in [-0.25, -0.2) is 8.42 Å². The molecule has 6 nitrogen and oxygen atoms in total. The van der Waals surface area contributed by atoms with E-state index in [1.54, 1.807) is 37.6 Å². The molecule has 7 heteroatoms. The zero-order valence-electron chi connectivity index (χ0n) is 18.1. The number of amides is 1. The van der Waals surface area contributed by atoms with E-state index in [1.807, 2.05) is 42.5 Å². The van der Waals surface area contributed by atoms with Crippen LogP contribution in [0.3, 0.4) is 0 Å². The summed E-state index contributed by atoms with van der Waals surface area (Å²) in [6.45, 7) is 0. The van der Waals surface area contributed by atoms with Gasteiger partial charge in [0, 0.05) is 29.3 Å². The number of anilines is 1. The molecule has 33 heavy (non-hydrogen) atoms. The SMILES string of the molecule is COc1cccc(-c2cc(S(C)(=O)=O)ccc2C(=O)Nc2cccc(-c3ccccn3)c2)c1. The van der Waals surface area contributed by atoms with Gasteiger partial charge in [-0.1, -0.05) is 30.3 Å². The van der Waals surface area contributed by atoms with E-state index >= 15 is 0 Å². The van der Waals surface area contributed by atoms with E-state index in [4.69, 9.17) is 4.74 Å². The van der Waals surface area contributed by atoms with Crippen molar-refractivity contribution in [2.75, 3.05) is 18.7 Å². The second kappa shape index (κ2) is 9.26. The quantitative estimate of drug-likeness (QED) is 0.436. The van der Waals surface area contributed by atoms with E-state index in [0.29, 0.717) is 28.1 Å². The summed E-state index contributed by atoms with van der Waals surface area (Å²) in [7, 11) is -1.91. The van der Waals surface area contributed by atoms with E-state index in [-0.39, 0.29) is 10.8 Å². The highest BCUT2D eigenvalue weighted by Gasteiger charge is 2.18. The molecule has 0 aliphatic carbocycles. The van der Waals surface area contributed by atoms with Crippen LogP contribution < -0.4 is 10.1 Å². The average molecular weight is 459 g/mol. The Labute approximate surface area is 192 Å². The molecule has 0 aliphatic rings. The summed E-state index contributed by atoms with van der Waals surface area (Å²) >= 11 is 0. The van der Waals surface area contributed by atoms with Gasteiger partial charge in [0.2, 0.25) is 0 Å². The number of methoxy groups -OCH3 is 1. The Morgan fingerprint density at radius 3 is 2.39 bits per heavy atom. The lowest BCUT2D eigenvalue weighted by molar-refractivity contribution is 0.102. The fourth-order valence-electron chi connectivity index (χ4n) is 3.47. The Balaban J connectivity index is 1.73. The van der Waals surface area contributed by atoms with Gasteiger partial charge >= 0.3 is 0 Å². The maximum absolute atomic E-state index is 13.3. The predicted molar refractivity (Wildman–Crippen MR) is 129 cm³/mol. The molecule has 0 aliphatic heterocycles. The van der Waals surface area contributed by atoms with Crippen LogP contribution in [0, 0.1) is 0 Å². The molecule has 1 heterocycles. The maximum atomic E-state index is 13.3. The van der Waals surface area contributed by atoms with Gasteiger partial charge < -0.3 is 10.1 Å². The molecule has 0 saturated heterocycles. The van der Waals surface area contributed by atoms with Crippen LogP contribution in [-0.2, 0) is 9.84 Å². The van der Waals surface area contributed by atoms with Gasteiger partial charge in [0.15, 0.2) is 9.84 Å². The molecule has 166 valence electrons. The van der Waals surface area contributed by atoms with Crippen molar-refractivity contribution in [2.45, 2.75) is 4.90 Å². The number of ether oxygens (including phenoxy) is 1. The fourth-order valence-corrected chi connectivity index (χ4v) is 4.12. The predicted octanol–water partition coefficient (Wildman–Crippen LogP) is 5.08. The number of rotatable bonds is 6. The third kappa shape index (κ3) is 5.10. The lowest BCUT2D eigenvalue weighted by atomic mass is 9.98. The Bertz CT molecular complexity index is 1420. The van der Waals surface area contributed by atoms with Crippen molar-refractivity contribution in [1.29, 1.82) is 0 Å². The first-order chi connectivity index (χ1) is 15.8. The number of carbonyl (C=O) groups is 1. The van der Waals surface area contributed by atoms with E-state index in [0.717, 1.165) is 17.5 Å². The maximum Gasteiger partial charge on any atom is 0.256 e. The molecule has 1 aromatic heterocycles. The van der Waals surface area contributed by atoms with Crippen molar-refractivity contribution in [3.63, 3.8) is 0 Å². The highest BCUT2D eigenvalue weighted by molar-refractivity contribution is 7.90. The number of benzene rings is 3. The number of hydrogen-bond donors (Lipinski definition) is 1. The van der Waals surface area contributed by atoms with Gasteiger partial charge in [0.05, 0.1) is 17.7 Å². The Morgan fingerprint density at radius 1 is 0.879 bits per heavy atom. The van der Waals surface area contributed by atoms with Crippen LogP contribution in [0.2, 0.25) is 0 Å². The van der Waals surface area contributed by atoms with Gasteiger partial charge in [0.1, 0.15) is 5.75 Å². The lowest BCUT2D eigenvalue weighted by Crippen LogP contribution is -2.14. The second-order valence-electron chi connectivity index (χ2n) is 7.46. The molecule has 0 saturated carbocycles. The topological polar surface area (TPSA) is 85.4 Å². The van der Waals surface area contributed by atoms with E-state index in [1.165, 1.54) is 18.2 Å². The van der Waals surface area contributed by atoms with Gasteiger partial charge in [-0.15, -0.1) is 0 Å². The summed E-state index contributed by atoms with van der Waals surface area (Å²) < 4.78 is 29.6. The molecule has 0 atom stereocenters. The first-order valence-corrected chi connectivity index (χ1v) is 12.1. The number of hydrogen-bond acceptors (Lipinski definition) is 5. The molecular formula is C26H22N2O4S. The van der Waals surface area contributed by atoms with Crippen molar-refractivity contribution in [2.24, 2.45) is 0 Å². The van der Waals surface area contributed by atoms with Crippen molar-refractivity contribution < 1.29 is 17.9 Å². The van der Waals surface area contributed by atoms with Crippen molar-refractivity contribution >= 4 is 21.4 Å². The van der Waals surface area contributed by atoms with Gasteiger partial charge in [-0.2, -0.15) is 0 Å². The first-order valence-electron chi connectivity index (χ1n) is 10.2. The number of sulfone groups is 1. The van der Waals surface area contributed by atoms with Gasteiger partial charge in [-0.05, 0) is 65.7 Å². The van der Waals surface area contributed by atoms with Crippen LogP contribution in [0.15, 0.2) is 96.0 Å². The van der Waals surface area contributed by atoms with E-state index in [9.17, 15) is 13.2 Å². The van der Waals surface area contributed by atoms with Crippen LogP contribution in [0.4, 0.5) is 5.69 Å². The van der Waals surface area contributed by atoms with Crippen LogP contribution in [0.1, 0.15) is 10.4 Å². The van der Waals surface area contributed by atoms with Crippen molar-refractivity contribution in [3.8, 4) is 28.1 Å². The summed E-state index contributed by atoms with van der Waals surface area (Å²) in [6.07, 6.45) is 2.85. The monoisotopic (exact) mass is 458 g/mol. The molecule has 0 fully saturated rings. The van der Waals surface area contributed by atoms with Crippen molar-refractivity contribution in [3.05, 3.63) is 96.7 Å². The summed E-state index contributed by atoms with van der Waals surface area (Å²) in [5.74, 6) is 0.248. The number of carbonyl (C=O) groups excluding carboxylic acids is 1. The molecule has 4 rings (SSSR count). The highest BCUT2D eigenvalue weighted by Crippen LogP contribution is 2.30. The summed E-state index contributed by atoms with van der Waals surface area (Å²) in [5, 5.41) is 2.92.